The van der Waals surface area contributed by atoms with Gasteiger partial charge < -0.3 is 41.2 Å². The molecule has 3 atom stereocenters. The number of nitrogens with zero attached hydrogens (tertiary/aromatic N) is 7. The standard InChI is InChI=1S/C36H53ClN8O6.C17H15ClN4S/c1-22(43(4)39)27(38)20-51-29-9-8-26(37)24-10-16-45(28(32(24)29)19-44-21-36(12-13-36)17-31(44)48)33(49)25-7-5-6-11-35(25,3)34(50)41-15-14-40-30(47)18-42-23(2)46;1-9-10(2)23-17-15(9)16(12-4-6-13(18)7-5-12)19-8-14-21-20-11(3)22(14)17/h8-9,25,28H,5-7,10-21,38-39H2,1-4H3,(H,40,47)(H,41,50)(H,42,46);4-7H,8H2,1-3H3/b27-22-;/t25?,28?,35-;/m0./s1. The van der Waals surface area contributed by atoms with E-state index in [9.17, 15) is 24.0 Å². The molecule has 2 aliphatic carbocycles. The first kappa shape index (κ1) is 54.2. The molecule has 1 spiro atoms. The molecule has 0 radical (unpaired) electrons. The second kappa shape index (κ2) is 22.4. The van der Waals surface area contributed by atoms with Crippen LogP contribution in [0.15, 0.2) is 52.8 Å². The molecule has 4 aromatic rings. The van der Waals surface area contributed by atoms with Crippen LogP contribution in [0, 0.1) is 37.5 Å². The zero-order valence-electron chi connectivity index (χ0n) is 43.3. The van der Waals surface area contributed by atoms with Crippen LogP contribution in [0.1, 0.15) is 116 Å². The lowest BCUT2D eigenvalue weighted by molar-refractivity contribution is -0.153. The Balaban J connectivity index is 0.000000261. The number of ether oxygens (including phenoxy) is 1. The Labute approximate surface area is 446 Å². The third kappa shape index (κ3) is 11.5. The van der Waals surface area contributed by atoms with Crippen molar-refractivity contribution in [3.63, 3.8) is 0 Å². The van der Waals surface area contributed by atoms with Crippen LogP contribution in [-0.4, -0.2) is 118 Å². The van der Waals surface area contributed by atoms with Gasteiger partial charge in [-0.3, -0.25) is 33.5 Å². The van der Waals surface area contributed by atoms with E-state index >= 15 is 0 Å². The maximum absolute atomic E-state index is 14.9. The number of hydrogen-bond acceptors (Lipinski definition) is 13. The quantitative estimate of drug-likeness (QED) is 0.0560. The number of nitrogens with two attached hydrogens (primary N) is 2. The molecule has 5 amide bonds. The third-order valence-electron chi connectivity index (χ3n) is 15.4. The first-order valence-corrected chi connectivity index (χ1v) is 26.9. The second-order valence-electron chi connectivity index (χ2n) is 20.6. The van der Waals surface area contributed by atoms with E-state index < -0.39 is 17.4 Å². The van der Waals surface area contributed by atoms with Gasteiger partial charge >= 0.3 is 0 Å². The summed E-state index contributed by atoms with van der Waals surface area (Å²) in [5, 5.41) is 20.4. The fraction of sp³-hybridized carbons (Fsp3) is 0.509. The number of rotatable bonds is 14. The Bertz CT molecular complexity index is 2890. The number of hydrazine groups is 1. The van der Waals surface area contributed by atoms with Crippen LogP contribution in [0.3, 0.4) is 0 Å². The molecule has 21 heteroatoms. The smallest absolute Gasteiger partial charge is 0.239 e. The van der Waals surface area contributed by atoms with Gasteiger partial charge in [0.25, 0.3) is 0 Å². The lowest BCUT2D eigenvalue weighted by atomic mass is 9.66. The summed E-state index contributed by atoms with van der Waals surface area (Å²) in [6, 6.07) is 10.9. The van der Waals surface area contributed by atoms with E-state index in [0.717, 1.165) is 69.8 Å². The summed E-state index contributed by atoms with van der Waals surface area (Å²) in [6.45, 7) is 13.4. The minimum Gasteiger partial charge on any atom is -0.487 e. The average molecular weight is 1070 g/mol. The normalized spacial score (nSPS) is 20.7. The van der Waals surface area contributed by atoms with Crippen molar-refractivity contribution in [2.75, 3.05) is 52.9 Å². The Kier molecular flexibility index (Phi) is 16.5. The summed E-state index contributed by atoms with van der Waals surface area (Å²) in [5.41, 5.74) is 12.6. The largest absolute Gasteiger partial charge is 0.487 e. The first-order chi connectivity index (χ1) is 35.2. The van der Waals surface area contributed by atoms with E-state index in [-0.39, 0.29) is 61.2 Å². The van der Waals surface area contributed by atoms with E-state index in [1.54, 1.807) is 37.4 Å². The van der Waals surface area contributed by atoms with Gasteiger partial charge in [0.05, 0.1) is 35.3 Å². The van der Waals surface area contributed by atoms with Gasteiger partial charge in [-0.15, -0.1) is 21.5 Å². The maximum Gasteiger partial charge on any atom is 0.239 e. The highest BCUT2D eigenvalue weighted by Gasteiger charge is 2.54. The molecule has 74 heavy (non-hydrogen) atoms. The zero-order valence-corrected chi connectivity index (χ0v) is 45.7. The van der Waals surface area contributed by atoms with Crippen LogP contribution in [0.4, 0.5) is 0 Å². The number of halogens is 2. The van der Waals surface area contributed by atoms with Crippen LogP contribution >= 0.6 is 34.5 Å². The topological polar surface area (TPSA) is 236 Å². The SMILES string of the molecule is CC(=O)NCC(=O)NCCNC(=O)[C@@]1(C)CCCCC1C(=O)N1CCc2c(Cl)ccc(OC/C(N)=C(\C)N(C)N)c2C1CN1CC2(CC2)CC1=O.Cc1sc2c(c1C)C(c1ccc(Cl)cc1)=NCc1nnc(C)n1-2. The van der Waals surface area contributed by atoms with Gasteiger partial charge in [0.1, 0.15) is 29.7 Å². The van der Waals surface area contributed by atoms with Crippen molar-refractivity contribution in [2.24, 2.45) is 33.3 Å². The van der Waals surface area contributed by atoms with E-state index in [2.05, 4.69) is 44.6 Å². The average Bonchev–Trinajstić information content (AvgIpc) is 3.85. The lowest BCUT2D eigenvalue weighted by Gasteiger charge is -2.46. The number of aryl methyl sites for hydroxylation is 2. The molecule has 3 aliphatic heterocycles. The van der Waals surface area contributed by atoms with Crippen molar-refractivity contribution in [3.8, 4) is 10.8 Å². The highest BCUT2D eigenvalue weighted by molar-refractivity contribution is 7.15. The Morgan fingerprint density at radius 2 is 1.70 bits per heavy atom. The number of thiophene rings is 1. The highest BCUT2D eigenvalue weighted by atomic mass is 35.5. The number of allylic oxidation sites excluding steroid dienone is 1. The molecule has 3 fully saturated rings. The van der Waals surface area contributed by atoms with Gasteiger partial charge in [-0.05, 0) is 108 Å². The third-order valence-corrected chi connectivity index (χ3v) is 17.2. The van der Waals surface area contributed by atoms with Crippen LogP contribution in [0.2, 0.25) is 10.0 Å². The molecule has 2 unspecified atom stereocenters. The number of likely N-dealkylation sites (tertiary alicyclic amines) is 1. The Morgan fingerprint density at radius 1 is 0.973 bits per heavy atom. The Hall–Kier alpha value is -6.02. The van der Waals surface area contributed by atoms with Gasteiger partial charge in [-0.1, -0.05) is 48.2 Å². The summed E-state index contributed by atoms with van der Waals surface area (Å²) in [5.74, 6) is 6.65. The summed E-state index contributed by atoms with van der Waals surface area (Å²) in [4.78, 5) is 75.1. The summed E-state index contributed by atoms with van der Waals surface area (Å²) >= 11 is 14.6. The number of carbonyl (C=O) groups is 5. The summed E-state index contributed by atoms with van der Waals surface area (Å²) in [6.07, 6.45) is 5.73. The maximum atomic E-state index is 14.9. The van der Waals surface area contributed by atoms with Crippen LogP contribution in [0.25, 0.3) is 5.00 Å². The fourth-order valence-corrected chi connectivity index (χ4v) is 12.3. The second-order valence-corrected chi connectivity index (χ2v) is 22.6. The van der Waals surface area contributed by atoms with Crippen molar-refractivity contribution in [3.05, 3.63) is 102 Å². The number of amides is 5. The molecule has 1 saturated heterocycles. The van der Waals surface area contributed by atoms with Crippen molar-refractivity contribution in [1.82, 2.24) is 45.5 Å². The lowest BCUT2D eigenvalue weighted by Crippen LogP contribution is -2.55. The highest BCUT2D eigenvalue weighted by Crippen LogP contribution is 2.54. The van der Waals surface area contributed by atoms with E-state index in [1.807, 2.05) is 47.9 Å². The first-order valence-electron chi connectivity index (χ1n) is 25.3. The number of benzene rings is 2. The minimum absolute atomic E-state index is 0.0333. The van der Waals surface area contributed by atoms with Gasteiger partial charge in [-0.25, -0.2) is 5.84 Å². The number of hydrogen-bond donors (Lipinski definition) is 5. The van der Waals surface area contributed by atoms with E-state index in [0.29, 0.717) is 74.0 Å². The molecule has 9 rings (SSSR count). The van der Waals surface area contributed by atoms with Crippen molar-refractivity contribution in [2.45, 2.75) is 105 Å². The summed E-state index contributed by atoms with van der Waals surface area (Å²) < 4.78 is 8.47. The molecule has 2 aromatic carbocycles. The molecular weight excluding hydrogens is 1000 g/mol. The predicted octanol–water partition coefficient (Wildman–Crippen LogP) is 5.98. The van der Waals surface area contributed by atoms with Crippen LogP contribution < -0.4 is 32.3 Å². The van der Waals surface area contributed by atoms with Crippen LogP contribution in [0.5, 0.6) is 5.75 Å². The molecule has 5 aliphatic rings. The van der Waals surface area contributed by atoms with Crippen molar-refractivity contribution < 1.29 is 28.7 Å². The van der Waals surface area contributed by atoms with Gasteiger partial charge in [-0.2, -0.15) is 0 Å². The van der Waals surface area contributed by atoms with Gasteiger partial charge in [0.15, 0.2) is 5.82 Å². The van der Waals surface area contributed by atoms with Crippen LogP contribution in [-0.2, 0) is 36.9 Å². The number of fused-ring (bicyclic) bond motifs is 4. The molecule has 7 N–H and O–H groups in total. The van der Waals surface area contributed by atoms with Gasteiger partial charge in [0, 0.05) is 90.4 Å². The molecule has 18 nitrogen and oxygen atoms in total. The van der Waals surface area contributed by atoms with Crippen molar-refractivity contribution in [1.29, 1.82) is 0 Å². The molecular formula is C53H68Cl2N12O6S. The molecule has 0 bridgehead atoms. The molecule has 2 saturated carbocycles. The number of carbonyl (C=O) groups excluding carboxylic acids is 5. The number of aliphatic imine (C=N–C) groups is 1. The Morgan fingerprint density at radius 3 is 2.39 bits per heavy atom. The van der Waals surface area contributed by atoms with Gasteiger partial charge in [0.2, 0.25) is 29.5 Å². The molecule has 396 valence electrons. The van der Waals surface area contributed by atoms with E-state index in [1.165, 1.54) is 27.9 Å². The number of aromatic nitrogens is 3. The monoisotopic (exact) mass is 1070 g/mol. The number of nitrogens with one attached hydrogen (secondary N) is 3. The predicted molar refractivity (Wildman–Crippen MR) is 286 cm³/mol. The molecule has 2 aromatic heterocycles. The van der Waals surface area contributed by atoms with Crippen molar-refractivity contribution >= 4 is 69.8 Å². The minimum atomic E-state index is -0.986. The van der Waals surface area contributed by atoms with E-state index in [4.69, 9.17) is 44.5 Å². The summed E-state index contributed by atoms with van der Waals surface area (Å²) in [7, 11) is 1.69. The zero-order chi connectivity index (χ0) is 53.2. The molecule has 5 heterocycles. The fourth-order valence-electron chi connectivity index (χ4n) is 10.7.